The number of nitrogens with one attached hydrogen (secondary N) is 1. The molecule has 2 fully saturated rings. The first-order valence-electron chi connectivity index (χ1n) is 10.5. The molecule has 0 bridgehead atoms. The Balaban J connectivity index is 0.00000300. The van der Waals surface area contributed by atoms with E-state index in [0.29, 0.717) is 18.1 Å². The largest absolute Gasteiger partial charge is 0.381 e. The van der Waals surface area contributed by atoms with E-state index in [2.05, 4.69) is 65.3 Å². The summed E-state index contributed by atoms with van der Waals surface area (Å²) in [5, 5.41) is 3.55. The highest BCUT2D eigenvalue weighted by Crippen LogP contribution is 2.17. The van der Waals surface area contributed by atoms with E-state index in [1.54, 1.807) is 0 Å². The molecule has 2 heterocycles. The lowest BCUT2D eigenvalue weighted by molar-refractivity contribution is -0.0705. The zero-order valence-electron chi connectivity index (χ0n) is 18.3. The van der Waals surface area contributed by atoms with Crippen LogP contribution in [0.4, 0.5) is 0 Å². The number of ether oxygens (including phenoxy) is 2. The van der Waals surface area contributed by atoms with Crippen molar-refractivity contribution in [1.29, 1.82) is 0 Å². The monoisotopic (exact) mass is 516 g/mol. The Morgan fingerprint density at radius 3 is 2.52 bits per heavy atom. The molecule has 6 nitrogen and oxygen atoms in total. The number of hydrogen-bond donors (Lipinski definition) is 1. The van der Waals surface area contributed by atoms with Crippen LogP contribution >= 0.6 is 24.0 Å². The van der Waals surface area contributed by atoms with Gasteiger partial charge in [-0.25, -0.2) is 0 Å². The molecule has 2 aliphatic heterocycles. The average Bonchev–Trinajstić information content (AvgIpc) is 3.15. The molecule has 0 spiro atoms. The number of rotatable bonds is 6. The summed E-state index contributed by atoms with van der Waals surface area (Å²) in [4.78, 5) is 9.19. The van der Waals surface area contributed by atoms with Crippen LogP contribution < -0.4 is 5.32 Å². The van der Waals surface area contributed by atoms with E-state index in [1.807, 2.05) is 7.05 Å². The minimum Gasteiger partial charge on any atom is -0.381 e. The third kappa shape index (κ3) is 7.38. The molecule has 3 atom stereocenters. The number of hydrogen-bond acceptors (Lipinski definition) is 4. The predicted molar refractivity (Wildman–Crippen MR) is 129 cm³/mol. The van der Waals surface area contributed by atoms with E-state index >= 15 is 0 Å². The van der Waals surface area contributed by atoms with Gasteiger partial charge in [0.15, 0.2) is 5.96 Å². The second-order valence-electron chi connectivity index (χ2n) is 8.23. The van der Waals surface area contributed by atoms with Crippen LogP contribution in [0.3, 0.4) is 0 Å². The molecule has 0 aliphatic carbocycles. The van der Waals surface area contributed by atoms with E-state index in [1.165, 1.54) is 11.1 Å². The lowest BCUT2D eigenvalue weighted by Crippen LogP contribution is -2.45. The van der Waals surface area contributed by atoms with Crippen LogP contribution in [0.5, 0.6) is 0 Å². The van der Waals surface area contributed by atoms with Crippen LogP contribution in [0.1, 0.15) is 31.4 Å². The molecular formula is C22H37IN4O2. The molecule has 2 aliphatic rings. The highest BCUT2D eigenvalue weighted by atomic mass is 127. The third-order valence-corrected chi connectivity index (χ3v) is 5.57. The van der Waals surface area contributed by atoms with Crippen molar-refractivity contribution >= 4 is 29.9 Å². The molecule has 3 unspecified atom stereocenters. The summed E-state index contributed by atoms with van der Waals surface area (Å²) in [6.45, 7) is 10.8. The van der Waals surface area contributed by atoms with Gasteiger partial charge in [0.1, 0.15) is 0 Å². The van der Waals surface area contributed by atoms with Crippen LogP contribution in [0.25, 0.3) is 0 Å². The Bertz CT molecular complexity index is 641. The van der Waals surface area contributed by atoms with Gasteiger partial charge >= 0.3 is 0 Å². The van der Waals surface area contributed by atoms with Crippen LogP contribution in [-0.4, -0.2) is 74.9 Å². The number of morpholine rings is 1. The maximum atomic E-state index is 5.87. The first-order valence-corrected chi connectivity index (χ1v) is 10.5. The fourth-order valence-electron chi connectivity index (χ4n) is 4.30. The highest BCUT2D eigenvalue weighted by Gasteiger charge is 2.23. The fourth-order valence-corrected chi connectivity index (χ4v) is 4.30. The SMILES string of the molecule is CN=C(NCc1ccccc1CN1CC(C)OC(C)C1)N(C)CC1CCOC1.I. The summed E-state index contributed by atoms with van der Waals surface area (Å²) in [6, 6.07) is 8.71. The topological polar surface area (TPSA) is 49.3 Å². The zero-order valence-corrected chi connectivity index (χ0v) is 20.6. The zero-order chi connectivity index (χ0) is 19.9. The first kappa shape index (κ1) is 24.4. The predicted octanol–water partition coefficient (Wildman–Crippen LogP) is 2.96. The average molecular weight is 516 g/mol. The molecule has 0 aromatic heterocycles. The lowest BCUT2D eigenvalue weighted by Gasteiger charge is -2.35. The quantitative estimate of drug-likeness (QED) is 0.358. The third-order valence-electron chi connectivity index (χ3n) is 5.57. The van der Waals surface area contributed by atoms with E-state index in [9.17, 15) is 0 Å². The summed E-state index contributed by atoms with van der Waals surface area (Å²) in [5.41, 5.74) is 2.70. The van der Waals surface area contributed by atoms with Gasteiger partial charge in [-0.1, -0.05) is 24.3 Å². The van der Waals surface area contributed by atoms with Crippen LogP contribution in [0, 0.1) is 5.92 Å². The molecule has 0 amide bonds. The molecule has 1 aromatic rings. The maximum Gasteiger partial charge on any atom is 0.193 e. The van der Waals surface area contributed by atoms with E-state index in [4.69, 9.17) is 9.47 Å². The Labute approximate surface area is 193 Å². The second kappa shape index (κ2) is 12.1. The Kier molecular flexibility index (Phi) is 10.1. The number of nitrogens with zero attached hydrogens (tertiary/aromatic N) is 3. The van der Waals surface area contributed by atoms with E-state index < -0.39 is 0 Å². The summed E-state index contributed by atoms with van der Waals surface area (Å²) >= 11 is 0. The van der Waals surface area contributed by atoms with E-state index in [0.717, 1.165) is 58.3 Å². The molecule has 0 radical (unpaired) electrons. The number of guanidine groups is 1. The Morgan fingerprint density at radius 1 is 1.21 bits per heavy atom. The summed E-state index contributed by atoms with van der Waals surface area (Å²) < 4.78 is 11.4. The van der Waals surface area contributed by atoms with Gasteiger partial charge in [0, 0.05) is 59.3 Å². The van der Waals surface area contributed by atoms with Gasteiger partial charge in [-0.3, -0.25) is 9.89 Å². The standard InChI is InChI=1S/C22H36N4O2.HI/c1-17-12-26(13-18(2)28-17)15-21-8-6-5-7-20(21)11-24-22(23-3)25(4)14-19-9-10-27-16-19;/h5-8,17-19H,9-16H2,1-4H3,(H,23,24);1H. The molecule has 164 valence electrons. The van der Waals surface area contributed by atoms with Gasteiger partial charge in [-0.15, -0.1) is 24.0 Å². The van der Waals surface area contributed by atoms with Crippen molar-refractivity contribution < 1.29 is 9.47 Å². The first-order chi connectivity index (χ1) is 13.5. The van der Waals surface area contributed by atoms with Crippen molar-refractivity contribution in [3.05, 3.63) is 35.4 Å². The molecular weight excluding hydrogens is 479 g/mol. The summed E-state index contributed by atoms with van der Waals surface area (Å²) in [7, 11) is 3.96. The van der Waals surface area contributed by atoms with Crippen molar-refractivity contribution in [2.45, 2.75) is 45.6 Å². The van der Waals surface area contributed by atoms with Crippen LogP contribution in [-0.2, 0) is 22.6 Å². The minimum atomic E-state index is 0. The Morgan fingerprint density at radius 2 is 1.90 bits per heavy atom. The van der Waals surface area contributed by atoms with Gasteiger partial charge < -0.3 is 19.7 Å². The number of halogens is 1. The minimum absolute atomic E-state index is 0. The molecule has 29 heavy (non-hydrogen) atoms. The van der Waals surface area contributed by atoms with Crippen molar-refractivity contribution in [3.8, 4) is 0 Å². The molecule has 1 N–H and O–H groups in total. The smallest absolute Gasteiger partial charge is 0.193 e. The van der Waals surface area contributed by atoms with Gasteiger partial charge in [0.2, 0.25) is 0 Å². The highest BCUT2D eigenvalue weighted by molar-refractivity contribution is 14.0. The van der Waals surface area contributed by atoms with Crippen molar-refractivity contribution in [2.24, 2.45) is 10.9 Å². The van der Waals surface area contributed by atoms with Gasteiger partial charge in [0.25, 0.3) is 0 Å². The fraction of sp³-hybridized carbons (Fsp3) is 0.682. The molecule has 3 rings (SSSR count). The molecule has 1 aromatic carbocycles. The van der Waals surface area contributed by atoms with Crippen LogP contribution in [0.15, 0.2) is 29.3 Å². The maximum absolute atomic E-state index is 5.87. The number of aliphatic imine (C=N–C) groups is 1. The molecule has 2 saturated heterocycles. The van der Waals surface area contributed by atoms with Gasteiger partial charge in [-0.2, -0.15) is 0 Å². The van der Waals surface area contributed by atoms with Crippen LogP contribution in [0.2, 0.25) is 0 Å². The molecule has 7 heteroatoms. The normalized spacial score (nSPS) is 25.5. The second-order valence-corrected chi connectivity index (χ2v) is 8.23. The van der Waals surface area contributed by atoms with Crippen molar-refractivity contribution in [1.82, 2.24) is 15.1 Å². The summed E-state index contributed by atoms with van der Waals surface area (Å²) in [5.74, 6) is 1.54. The Hall–Kier alpha value is -0.900. The molecule has 0 saturated carbocycles. The van der Waals surface area contributed by atoms with Crippen molar-refractivity contribution in [3.63, 3.8) is 0 Å². The van der Waals surface area contributed by atoms with Crippen molar-refractivity contribution in [2.75, 3.05) is 46.9 Å². The van der Waals surface area contributed by atoms with Gasteiger partial charge in [0.05, 0.1) is 18.8 Å². The van der Waals surface area contributed by atoms with E-state index in [-0.39, 0.29) is 24.0 Å². The van der Waals surface area contributed by atoms with Gasteiger partial charge in [-0.05, 0) is 31.4 Å². The lowest BCUT2D eigenvalue weighted by atomic mass is 10.1. The number of benzene rings is 1. The summed E-state index contributed by atoms with van der Waals surface area (Å²) in [6.07, 6.45) is 1.72.